The van der Waals surface area contributed by atoms with Crippen molar-refractivity contribution in [2.75, 3.05) is 26.8 Å². The quantitative estimate of drug-likeness (QED) is 0.752. The number of hydrogen-bond donors (Lipinski definition) is 1. The Labute approximate surface area is 120 Å². The number of carboxylic acids is 1. The Bertz CT molecular complexity index is 405. The van der Waals surface area contributed by atoms with Crippen LogP contribution in [0.1, 0.15) is 20.3 Å². The zero-order valence-electron chi connectivity index (χ0n) is 12.3. The molecule has 0 aliphatic carbocycles. The number of rotatable bonds is 9. The number of nitrogens with zero attached hydrogens (tertiary/aromatic N) is 1. The fourth-order valence-corrected chi connectivity index (χ4v) is 2.02. The lowest BCUT2D eigenvalue weighted by molar-refractivity contribution is -0.138. The molecule has 1 aromatic carbocycles. The standard InChI is InChI=1S/C15H23NO4/c1-4-16(12(2)11-15(17)18)9-10-20-14-7-5-13(19-3)6-8-14/h5-8,12H,4,9-11H2,1-3H3,(H,17,18). The first-order chi connectivity index (χ1) is 9.56. The van der Waals surface area contributed by atoms with Crippen LogP contribution in [0.15, 0.2) is 24.3 Å². The minimum atomic E-state index is -0.771. The molecule has 0 aliphatic heterocycles. The van der Waals surface area contributed by atoms with Crippen LogP contribution in [-0.2, 0) is 4.79 Å². The smallest absolute Gasteiger partial charge is 0.304 e. The van der Waals surface area contributed by atoms with Crippen LogP contribution in [0.2, 0.25) is 0 Å². The second-order valence-corrected chi connectivity index (χ2v) is 4.60. The highest BCUT2D eigenvalue weighted by molar-refractivity contribution is 5.67. The van der Waals surface area contributed by atoms with Gasteiger partial charge in [-0.05, 0) is 37.7 Å². The van der Waals surface area contributed by atoms with E-state index in [4.69, 9.17) is 14.6 Å². The number of methoxy groups -OCH3 is 1. The van der Waals surface area contributed by atoms with Crippen LogP contribution >= 0.6 is 0 Å². The summed E-state index contributed by atoms with van der Waals surface area (Å²) in [7, 11) is 1.62. The van der Waals surface area contributed by atoms with Gasteiger partial charge in [-0.3, -0.25) is 9.69 Å². The van der Waals surface area contributed by atoms with Gasteiger partial charge in [-0.25, -0.2) is 0 Å². The van der Waals surface area contributed by atoms with Crippen LogP contribution < -0.4 is 9.47 Å². The fourth-order valence-electron chi connectivity index (χ4n) is 2.02. The monoisotopic (exact) mass is 281 g/mol. The van der Waals surface area contributed by atoms with Gasteiger partial charge in [0.1, 0.15) is 18.1 Å². The van der Waals surface area contributed by atoms with E-state index in [2.05, 4.69) is 4.90 Å². The molecule has 0 aromatic heterocycles. The second kappa shape index (κ2) is 8.43. The minimum Gasteiger partial charge on any atom is -0.497 e. The SMILES string of the molecule is CCN(CCOc1ccc(OC)cc1)C(C)CC(=O)O. The van der Waals surface area contributed by atoms with E-state index in [0.717, 1.165) is 18.0 Å². The van der Waals surface area contributed by atoms with E-state index in [1.54, 1.807) is 7.11 Å². The first kappa shape index (κ1) is 16.3. The van der Waals surface area contributed by atoms with Gasteiger partial charge in [-0.15, -0.1) is 0 Å². The first-order valence-electron chi connectivity index (χ1n) is 6.79. The van der Waals surface area contributed by atoms with Gasteiger partial charge in [0.15, 0.2) is 0 Å². The third-order valence-electron chi connectivity index (χ3n) is 3.21. The van der Waals surface area contributed by atoms with Gasteiger partial charge >= 0.3 is 5.97 Å². The molecule has 1 atom stereocenters. The summed E-state index contributed by atoms with van der Waals surface area (Å²) >= 11 is 0. The second-order valence-electron chi connectivity index (χ2n) is 4.60. The van der Waals surface area contributed by atoms with Crippen molar-refractivity contribution in [1.82, 2.24) is 4.90 Å². The lowest BCUT2D eigenvalue weighted by Crippen LogP contribution is -2.37. The molecule has 0 amide bonds. The molecular weight excluding hydrogens is 258 g/mol. The number of hydrogen-bond acceptors (Lipinski definition) is 4. The molecule has 1 aromatic rings. The van der Waals surface area contributed by atoms with Gasteiger partial charge < -0.3 is 14.6 Å². The molecule has 0 radical (unpaired) electrons. The Morgan fingerprint density at radius 1 is 1.30 bits per heavy atom. The van der Waals surface area contributed by atoms with Crippen LogP contribution in [0.3, 0.4) is 0 Å². The van der Waals surface area contributed by atoms with Crippen LogP contribution in [0.25, 0.3) is 0 Å². The topological polar surface area (TPSA) is 59.0 Å². The number of ether oxygens (including phenoxy) is 2. The van der Waals surface area contributed by atoms with E-state index >= 15 is 0 Å². The lowest BCUT2D eigenvalue weighted by Gasteiger charge is -2.26. The fraction of sp³-hybridized carbons (Fsp3) is 0.533. The van der Waals surface area contributed by atoms with E-state index in [1.807, 2.05) is 38.1 Å². The Morgan fingerprint density at radius 3 is 2.40 bits per heavy atom. The predicted octanol–water partition coefficient (Wildman–Crippen LogP) is 2.26. The maximum atomic E-state index is 10.7. The maximum absolute atomic E-state index is 10.7. The summed E-state index contributed by atoms with van der Waals surface area (Å²) < 4.78 is 10.7. The normalized spacial score (nSPS) is 12.2. The zero-order chi connectivity index (χ0) is 15.0. The Kier molecular flexibility index (Phi) is 6.87. The van der Waals surface area contributed by atoms with Crippen molar-refractivity contribution < 1.29 is 19.4 Å². The number of carbonyl (C=O) groups is 1. The van der Waals surface area contributed by atoms with Crippen molar-refractivity contribution >= 4 is 5.97 Å². The van der Waals surface area contributed by atoms with Crippen LogP contribution in [0.4, 0.5) is 0 Å². The van der Waals surface area contributed by atoms with Gasteiger partial charge in [0, 0.05) is 12.6 Å². The summed E-state index contributed by atoms with van der Waals surface area (Å²) in [6, 6.07) is 7.42. The molecule has 112 valence electrons. The number of likely N-dealkylation sites (N-methyl/N-ethyl adjacent to an activating group) is 1. The molecule has 0 saturated heterocycles. The molecule has 0 saturated carbocycles. The van der Waals surface area contributed by atoms with Gasteiger partial charge in [0.05, 0.1) is 13.5 Å². The summed E-state index contributed by atoms with van der Waals surface area (Å²) in [6.45, 7) is 5.98. The number of benzene rings is 1. The van der Waals surface area contributed by atoms with E-state index in [-0.39, 0.29) is 12.5 Å². The van der Waals surface area contributed by atoms with Crippen molar-refractivity contribution in [3.8, 4) is 11.5 Å². The average Bonchev–Trinajstić information content (AvgIpc) is 2.43. The van der Waals surface area contributed by atoms with Crippen LogP contribution in [-0.4, -0.2) is 48.8 Å². The molecule has 0 aliphatic rings. The first-order valence-corrected chi connectivity index (χ1v) is 6.79. The molecule has 0 heterocycles. The molecule has 5 heteroatoms. The van der Waals surface area contributed by atoms with Crippen LogP contribution in [0.5, 0.6) is 11.5 Å². The molecule has 0 fully saturated rings. The molecule has 0 bridgehead atoms. The van der Waals surface area contributed by atoms with Crippen molar-refractivity contribution in [3.05, 3.63) is 24.3 Å². The largest absolute Gasteiger partial charge is 0.497 e. The molecule has 1 unspecified atom stereocenters. The maximum Gasteiger partial charge on any atom is 0.304 e. The minimum absolute atomic E-state index is 0.0111. The Balaban J connectivity index is 2.38. The summed E-state index contributed by atoms with van der Waals surface area (Å²) in [5, 5.41) is 8.81. The lowest BCUT2D eigenvalue weighted by atomic mass is 10.2. The van der Waals surface area contributed by atoms with Crippen molar-refractivity contribution in [1.29, 1.82) is 0 Å². The third-order valence-corrected chi connectivity index (χ3v) is 3.21. The Morgan fingerprint density at radius 2 is 1.90 bits per heavy atom. The molecule has 5 nitrogen and oxygen atoms in total. The molecule has 1 N–H and O–H groups in total. The number of carboxylic acid groups (broad SMARTS) is 1. The van der Waals surface area contributed by atoms with Crippen molar-refractivity contribution in [3.63, 3.8) is 0 Å². The van der Waals surface area contributed by atoms with Gasteiger partial charge in [-0.2, -0.15) is 0 Å². The van der Waals surface area contributed by atoms with Gasteiger partial charge in [0.2, 0.25) is 0 Å². The highest BCUT2D eigenvalue weighted by Crippen LogP contribution is 2.17. The summed E-state index contributed by atoms with van der Waals surface area (Å²) in [6.07, 6.45) is 0.149. The van der Waals surface area contributed by atoms with Gasteiger partial charge in [-0.1, -0.05) is 6.92 Å². The highest BCUT2D eigenvalue weighted by Gasteiger charge is 2.15. The van der Waals surface area contributed by atoms with Gasteiger partial charge in [0.25, 0.3) is 0 Å². The Hall–Kier alpha value is -1.75. The van der Waals surface area contributed by atoms with E-state index in [1.165, 1.54) is 0 Å². The zero-order valence-corrected chi connectivity index (χ0v) is 12.3. The highest BCUT2D eigenvalue weighted by atomic mass is 16.5. The van der Waals surface area contributed by atoms with E-state index in [9.17, 15) is 4.79 Å². The van der Waals surface area contributed by atoms with E-state index < -0.39 is 5.97 Å². The molecule has 0 spiro atoms. The summed E-state index contributed by atoms with van der Waals surface area (Å²) in [5.41, 5.74) is 0. The van der Waals surface area contributed by atoms with E-state index in [0.29, 0.717) is 13.2 Å². The molecule has 20 heavy (non-hydrogen) atoms. The summed E-state index contributed by atoms with van der Waals surface area (Å²) in [4.78, 5) is 12.8. The summed E-state index contributed by atoms with van der Waals surface area (Å²) in [5.74, 6) is 0.808. The molecule has 1 rings (SSSR count). The van der Waals surface area contributed by atoms with Crippen molar-refractivity contribution in [2.24, 2.45) is 0 Å². The number of aliphatic carboxylic acids is 1. The molecular formula is C15H23NO4. The van der Waals surface area contributed by atoms with Crippen LogP contribution in [0, 0.1) is 0 Å². The predicted molar refractivity (Wildman–Crippen MR) is 77.5 cm³/mol. The average molecular weight is 281 g/mol. The third kappa shape index (κ3) is 5.48. The van der Waals surface area contributed by atoms with Crippen molar-refractivity contribution in [2.45, 2.75) is 26.3 Å².